The van der Waals surface area contributed by atoms with Crippen LogP contribution in [0.15, 0.2) is 24.4 Å². The number of hydrogen-bond donors (Lipinski definition) is 1. The monoisotopic (exact) mass is 289 g/mol. The van der Waals surface area contributed by atoms with Crippen LogP contribution in [0.5, 0.6) is 0 Å². The minimum atomic E-state index is -0.191. The first kappa shape index (κ1) is 15.7. The van der Waals surface area contributed by atoms with Gasteiger partial charge >= 0.3 is 0 Å². The highest BCUT2D eigenvalue weighted by atomic mass is 19.1. The predicted molar refractivity (Wildman–Crippen MR) is 83.8 cm³/mol. The maximum Gasteiger partial charge on any atom is 0.123 e. The molecule has 0 saturated carbocycles. The van der Waals surface area contributed by atoms with E-state index in [9.17, 15) is 4.39 Å². The molecule has 0 radical (unpaired) electrons. The molecule has 0 spiro atoms. The van der Waals surface area contributed by atoms with Gasteiger partial charge in [0.15, 0.2) is 0 Å². The van der Waals surface area contributed by atoms with Gasteiger partial charge in [0, 0.05) is 23.3 Å². The van der Waals surface area contributed by atoms with E-state index in [4.69, 9.17) is 0 Å². The smallest absolute Gasteiger partial charge is 0.123 e. The van der Waals surface area contributed by atoms with Gasteiger partial charge in [-0.25, -0.2) is 4.39 Å². The summed E-state index contributed by atoms with van der Waals surface area (Å²) >= 11 is 0. The van der Waals surface area contributed by atoms with Gasteiger partial charge in [0.1, 0.15) is 5.82 Å². The van der Waals surface area contributed by atoms with Gasteiger partial charge in [0.2, 0.25) is 0 Å². The number of rotatable bonds is 4. The lowest BCUT2D eigenvalue weighted by Gasteiger charge is -2.20. The third-order valence-corrected chi connectivity index (χ3v) is 3.64. The molecular weight excluding hydrogens is 265 g/mol. The summed E-state index contributed by atoms with van der Waals surface area (Å²) in [7, 11) is 0. The Morgan fingerprint density at radius 1 is 1.19 bits per heavy atom. The van der Waals surface area contributed by atoms with Gasteiger partial charge in [-0.3, -0.25) is 4.68 Å². The van der Waals surface area contributed by atoms with E-state index < -0.39 is 0 Å². The summed E-state index contributed by atoms with van der Waals surface area (Å²) in [5.74, 6) is -0.191. The Bertz CT molecular complexity index is 623. The number of halogens is 1. The zero-order valence-corrected chi connectivity index (χ0v) is 13.5. The molecule has 3 nitrogen and oxygen atoms in total. The molecule has 0 aliphatic carbocycles. The predicted octanol–water partition coefficient (Wildman–Crippen LogP) is 3.58. The number of nitrogens with zero attached hydrogens (tertiary/aromatic N) is 2. The molecule has 1 aromatic heterocycles. The highest BCUT2D eigenvalue weighted by Crippen LogP contribution is 2.15. The summed E-state index contributed by atoms with van der Waals surface area (Å²) in [5.41, 5.74) is 4.49. The lowest BCUT2D eigenvalue weighted by molar-refractivity contribution is 0.423. The summed E-state index contributed by atoms with van der Waals surface area (Å²) in [4.78, 5) is 0. The van der Waals surface area contributed by atoms with Crippen molar-refractivity contribution < 1.29 is 4.39 Å². The molecule has 0 bridgehead atoms. The average molecular weight is 289 g/mol. The van der Waals surface area contributed by atoms with E-state index in [0.717, 1.165) is 23.4 Å². The summed E-state index contributed by atoms with van der Waals surface area (Å²) in [6.07, 6.45) is 1.91. The van der Waals surface area contributed by atoms with Gasteiger partial charge in [-0.2, -0.15) is 5.10 Å². The molecule has 0 aliphatic rings. The average Bonchev–Trinajstić information content (AvgIpc) is 2.71. The van der Waals surface area contributed by atoms with Crippen molar-refractivity contribution in [3.63, 3.8) is 0 Å². The van der Waals surface area contributed by atoms with Crippen LogP contribution in [0, 0.1) is 19.7 Å². The minimum Gasteiger partial charge on any atom is -0.308 e. The molecule has 2 aromatic rings. The van der Waals surface area contributed by atoms with E-state index in [1.54, 1.807) is 6.07 Å². The normalized spacial score (nSPS) is 11.9. The highest BCUT2D eigenvalue weighted by molar-refractivity contribution is 5.27. The van der Waals surface area contributed by atoms with Crippen LogP contribution in [0.1, 0.15) is 43.2 Å². The fraction of sp³-hybridized carbons (Fsp3) is 0.471. The second kappa shape index (κ2) is 5.98. The molecule has 114 valence electrons. The summed E-state index contributed by atoms with van der Waals surface area (Å²) in [5, 5.41) is 7.93. The molecule has 1 heterocycles. The molecule has 0 unspecified atom stereocenters. The third-order valence-electron chi connectivity index (χ3n) is 3.64. The fourth-order valence-electron chi connectivity index (χ4n) is 2.18. The molecule has 0 atom stereocenters. The molecule has 1 N–H and O–H groups in total. The van der Waals surface area contributed by atoms with E-state index in [1.807, 2.05) is 23.9 Å². The van der Waals surface area contributed by atoms with Crippen molar-refractivity contribution in [2.24, 2.45) is 0 Å². The van der Waals surface area contributed by atoms with Gasteiger partial charge in [-0.05, 0) is 57.9 Å². The first-order valence-electron chi connectivity index (χ1n) is 7.27. The van der Waals surface area contributed by atoms with Gasteiger partial charge in [-0.15, -0.1) is 0 Å². The first-order valence-corrected chi connectivity index (χ1v) is 7.27. The van der Waals surface area contributed by atoms with E-state index >= 15 is 0 Å². The molecule has 4 heteroatoms. The van der Waals surface area contributed by atoms with Gasteiger partial charge in [-0.1, -0.05) is 6.07 Å². The second-order valence-corrected chi connectivity index (χ2v) is 6.59. The number of hydrogen-bond acceptors (Lipinski definition) is 2. The molecule has 1 aromatic carbocycles. The van der Waals surface area contributed by atoms with Crippen LogP contribution in [0.4, 0.5) is 4.39 Å². The van der Waals surface area contributed by atoms with Crippen molar-refractivity contribution in [1.82, 2.24) is 15.1 Å². The van der Waals surface area contributed by atoms with Crippen molar-refractivity contribution in [3.05, 3.63) is 52.6 Å². The Morgan fingerprint density at radius 2 is 1.90 bits per heavy atom. The standard InChI is InChI=1S/C17H24FN3/c1-12-8-16(18)7-6-14(12)11-21-13(2)15(10-20-21)9-19-17(3,4)5/h6-8,10,19H,9,11H2,1-5H3. The van der Waals surface area contributed by atoms with E-state index in [-0.39, 0.29) is 11.4 Å². The summed E-state index contributed by atoms with van der Waals surface area (Å²) < 4.78 is 15.1. The van der Waals surface area contributed by atoms with Crippen LogP contribution >= 0.6 is 0 Å². The Labute approximate surface area is 126 Å². The van der Waals surface area contributed by atoms with Crippen LogP contribution in [0.2, 0.25) is 0 Å². The maximum absolute atomic E-state index is 13.2. The molecule has 0 fully saturated rings. The van der Waals surface area contributed by atoms with E-state index in [0.29, 0.717) is 6.54 Å². The zero-order valence-electron chi connectivity index (χ0n) is 13.5. The van der Waals surface area contributed by atoms with Gasteiger partial charge in [0.25, 0.3) is 0 Å². The minimum absolute atomic E-state index is 0.0854. The van der Waals surface area contributed by atoms with Crippen molar-refractivity contribution in [2.75, 3.05) is 0 Å². The summed E-state index contributed by atoms with van der Waals surface area (Å²) in [6.45, 7) is 11.9. The molecule has 0 aliphatic heterocycles. The van der Waals surface area contributed by atoms with E-state index in [1.165, 1.54) is 11.6 Å². The fourth-order valence-corrected chi connectivity index (χ4v) is 2.18. The van der Waals surface area contributed by atoms with Crippen LogP contribution < -0.4 is 5.32 Å². The highest BCUT2D eigenvalue weighted by Gasteiger charge is 2.12. The van der Waals surface area contributed by atoms with Crippen LogP contribution in [-0.2, 0) is 13.1 Å². The molecule has 0 amide bonds. The maximum atomic E-state index is 13.2. The number of nitrogens with one attached hydrogen (secondary N) is 1. The van der Waals surface area contributed by atoms with Crippen LogP contribution in [0.3, 0.4) is 0 Å². The Morgan fingerprint density at radius 3 is 2.52 bits per heavy atom. The SMILES string of the molecule is Cc1cc(F)ccc1Cn1ncc(CNC(C)(C)C)c1C. The first-order chi connectivity index (χ1) is 9.76. The van der Waals surface area contributed by atoms with Crippen LogP contribution in [-0.4, -0.2) is 15.3 Å². The van der Waals surface area contributed by atoms with Crippen molar-refractivity contribution in [2.45, 2.75) is 53.2 Å². The quantitative estimate of drug-likeness (QED) is 0.932. The van der Waals surface area contributed by atoms with Crippen LogP contribution in [0.25, 0.3) is 0 Å². The Kier molecular flexibility index (Phi) is 4.47. The largest absolute Gasteiger partial charge is 0.308 e. The molecular formula is C17H24FN3. The third kappa shape index (κ3) is 4.14. The van der Waals surface area contributed by atoms with Crippen molar-refractivity contribution >= 4 is 0 Å². The van der Waals surface area contributed by atoms with Gasteiger partial charge < -0.3 is 5.32 Å². The lowest BCUT2D eigenvalue weighted by atomic mass is 10.1. The zero-order chi connectivity index (χ0) is 15.6. The number of aromatic nitrogens is 2. The number of aryl methyl sites for hydroxylation is 1. The number of benzene rings is 1. The molecule has 21 heavy (non-hydrogen) atoms. The molecule has 2 rings (SSSR count). The topological polar surface area (TPSA) is 29.9 Å². The Hall–Kier alpha value is -1.68. The van der Waals surface area contributed by atoms with Gasteiger partial charge in [0.05, 0.1) is 12.7 Å². The van der Waals surface area contributed by atoms with E-state index in [2.05, 4.69) is 38.1 Å². The van der Waals surface area contributed by atoms with Crippen molar-refractivity contribution in [1.29, 1.82) is 0 Å². The van der Waals surface area contributed by atoms with Crippen molar-refractivity contribution in [3.8, 4) is 0 Å². The summed E-state index contributed by atoms with van der Waals surface area (Å²) in [6, 6.07) is 4.90. The molecule has 0 saturated heterocycles. The lowest BCUT2D eigenvalue weighted by Crippen LogP contribution is -2.35. The second-order valence-electron chi connectivity index (χ2n) is 6.59. The Balaban J connectivity index is 2.13.